The molecule has 2 aliphatic carbocycles. The fraction of sp³-hybridized carbons (Fsp3) is 0.938. The molecule has 4 heteroatoms. The van der Waals surface area contributed by atoms with E-state index in [0.717, 1.165) is 50.2 Å². The van der Waals surface area contributed by atoms with Crippen LogP contribution in [0.5, 0.6) is 0 Å². The molecule has 3 rings (SSSR count). The lowest BCUT2D eigenvalue weighted by Gasteiger charge is -2.23. The first-order chi connectivity index (χ1) is 9.81. The van der Waals surface area contributed by atoms with Crippen molar-refractivity contribution in [1.82, 2.24) is 10.6 Å². The van der Waals surface area contributed by atoms with Crippen LogP contribution in [-0.2, 0) is 9.53 Å². The third kappa shape index (κ3) is 3.73. The van der Waals surface area contributed by atoms with Crippen molar-refractivity contribution in [2.24, 2.45) is 17.8 Å². The number of hydrogen-bond acceptors (Lipinski definition) is 3. The maximum Gasteiger partial charge on any atom is 0.222 e. The minimum absolute atomic E-state index is 0.168. The first-order valence-electron chi connectivity index (χ1n) is 8.40. The molecular weight excluding hydrogens is 252 g/mol. The summed E-state index contributed by atoms with van der Waals surface area (Å²) in [4.78, 5) is 11.8. The van der Waals surface area contributed by atoms with Gasteiger partial charge in [0.2, 0.25) is 5.91 Å². The Morgan fingerprint density at radius 1 is 1.15 bits per heavy atom. The molecule has 0 aromatic carbocycles. The molecule has 3 atom stereocenters. The number of amides is 1. The largest absolute Gasteiger partial charge is 0.378 e. The van der Waals surface area contributed by atoms with Gasteiger partial charge in [0.15, 0.2) is 0 Å². The summed E-state index contributed by atoms with van der Waals surface area (Å²) in [5, 5.41) is 6.44. The van der Waals surface area contributed by atoms with Crippen LogP contribution in [-0.4, -0.2) is 38.3 Å². The lowest BCUT2D eigenvalue weighted by molar-refractivity contribution is -0.123. The Kier molecular flexibility index (Phi) is 4.94. The number of nitrogens with one attached hydrogen (secondary N) is 2. The second kappa shape index (κ2) is 6.90. The van der Waals surface area contributed by atoms with E-state index in [1.807, 2.05) is 0 Å². The monoisotopic (exact) mass is 280 g/mol. The highest BCUT2D eigenvalue weighted by Gasteiger charge is 2.39. The summed E-state index contributed by atoms with van der Waals surface area (Å²) >= 11 is 0. The predicted molar refractivity (Wildman–Crippen MR) is 78.4 cm³/mol. The average Bonchev–Trinajstić information content (AvgIpc) is 3.09. The fourth-order valence-corrected chi connectivity index (χ4v) is 4.24. The zero-order valence-electron chi connectivity index (χ0n) is 12.4. The minimum Gasteiger partial charge on any atom is -0.378 e. The maximum atomic E-state index is 11.8. The van der Waals surface area contributed by atoms with Gasteiger partial charge in [-0.25, -0.2) is 0 Å². The van der Waals surface area contributed by atoms with E-state index < -0.39 is 0 Å². The quantitative estimate of drug-likeness (QED) is 0.778. The van der Waals surface area contributed by atoms with Crippen molar-refractivity contribution in [3.63, 3.8) is 0 Å². The molecule has 1 saturated heterocycles. The van der Waals surface area contributed by atoms with Crippen molar-refractivity contribution < 1.29 is 9.53 Å². The van der Waals surface area contributed by atoms with Crippen LogP contribution in [0, 0.1) is 17.8 Å². The molecule has 2 saturated carbocycles. The minimum atomic E-state index is 0.168. The normalized spacial score (nSPS) is 33.5. The van der Waals surface area contributed by atoms with E-state index in [2.05, 4.69) is 10.6 Å². The number of piperidine rings is 1. The summed E-state index contributed by atoms with van der Waals surface area (Å²) in [6.07, 6.45) is 8.61. The first-order valence-corrected chi connectivity index (χ1v) is 8.40. The summed E-state index contributed by atoms with van der Waals surface area (Å²) in [5.41, 5.74) is 0. The zero-order valence-corrected chi connectivity index (χ0v) is 12.4. The van der Waals surface area contributed by atoms with E-state index in [4.69, 9.17) is 4.74 Å². The molecular formula is C16H28N2O2. The van der Waals surface area contributed by atoms with Crippen LogP contribution < -0.4 is 10.6 Å². The van der Waals surface area contributed by atoms with Gasteiger partial charge in [-0.2, -0.15) is 0 Å². The van der Waals surface area contributed by atoms with Crippen molar-refractivity contribution in [3.05, 3.63) is 0 Å². The third-order valence-electron chi connectivity index (χ3n) is 5.41. The van der Waals surface area contributed by atoms with Crippen molar-refractivity contribution >= 4 is 5.91 Å². The number of carbonyl (C=O) groups is 1. The predicted octanol–water partition coefficient (Wildman–Crippen LogP) is 1.70. The van der Waals surface area contributed by atoms with Gasteiger partial charge in [-0.05, 0) is 62.9 Å². The summed E-state index contributed by atoms with van der Waals surface area (Å²) in [7, 11) is 0. The van der Waals surface area contributed by atoms with Gasteiger partial charge < -0.3 is 15.4 Å². The van der Waals surface area contributed by atoms with Gasteiger partial charge in [-0.3, -0.25) is 4.79 Å². The van der Waals surface area contributed by atoms with Crippen molar-refractivity contribution in [1.29, 1.82) is 0 Å². The number of hydrogen-bond donors (Lipinski definition) is 2. The Labute approximate surface area is 122 Å². The standard InChI is InChI=1S/C16H28N2O2/c19-16(5-8-20-15-3-6-17-7-4-15)18-11-14-10-12-1-2-13(14)9-12/h12-15,17H,1-11H2,(H,18,19). The molecule has 3 unspecified atom stereocenters. The molecule has 3 aliphatic rings. The Bertz CT molecular complexity index is 328. The Hall–Kier alpha value is -0.610. The van der Waals surface area contributed by atoms with E-state index in [1.165, 1.54) is 25.7 Å². The van der Waals surface area contributed by atoms with E-state index in [0.29, 0.717) is 19.1 Å². The van der Waals surface area contributed by atoms with Crippen LogP contribution in [0.4, 0.5) is 0 Å². The topological polar surface area (TPSA) is 50.4 Å². The number of fused-ring (bicyclic) bond motifs is 2. The van der Waals surface area contributed by atoms with Gasteiger partial charge in [0.1, 0.15) is 0 Å². The second-order valence-corrected chi connectivity index (χ2v) is 6.81. The highest BCUT2D eigenvalue weighted by Crippen LogP contribution is 2.47. The molecule has 2 bridgehead atoms. The van der Waals surface area contributed by atoms with Crippen molar-refractivity contribution in [2.45, 2.75) is 51.0 Å². The van der Waals surface area contributed by atoms with Gasteiger partial charge >= 0.3 is 0 Å². The van der Waals surface area contributed by atoms with E-state index in [1.54, 1.807) is 0 Å². The highest BCUT2D eigenvalue weighted by atomic mass is 16.5. The summed E-state index contributed by atoms with van der Waals surface area (Å²) in [6.45, 7) is 3.56. The summed E-state index contributed by atoms with van der Waals surface area (Å²) < 4.78 is 5.77. The first kappa shape index (κ1) is 14.3. The lowest BCUT2D eigenvalue weighted by Crippen LogP contribution is -2.34. The van der Waals surface area contributed by atoms with Gasteiger partial charge in [-0.1, -0.05) is 6.42 Å². The Balaban J connectivity index is 1.26. The van der Waals surface area contributed by atoms with Crippen molar-refractivity contribution in [3.8, 4) is 0 Å². The number of rotatable bonds is 6. The van der Waals surface area contributed by atoms with Crippen LogP contribution in [0.1, 0.15) is 44.9 Å². The molecule has 3 fully saturated rings. The average molecular weight is 280 g/mol. The number of carbonyl (C=O) groups excluding carboxylic acids is 1. The molecule has 0 spiro atoms. The SMILES string of the molecule is O=C(CCOC1CCNCC1)NCC1CC2CCC1C2. The van der Waals surface area contributed by atoms with E-state index in [-0.39, 0.29) is 5.91 Å². The van der Waals surface area contributed by atoms with Crippen LogP contribution in [0.15, 0.2) is 0 Å². The molecule has 114 valence electrons. The molecule has 4 nitrogen and oxygen atoms in total. The molecule has 2 N–H and O–H groups in total. The van der Waals surface area contributed by atoms with Crippen LogP contribution in [0.3, 0.4) is 0 Å². The van der Waals surface area contributed by atoms with Gasteiger partial charge in [-0.15, -0.1) is 0 Å². The van der Waals surface area contributed by atoms with E-state index >= 15 is 0 Å². The van der Waals surface area contributed by atoms with Gasteiger partial charge in [0, 0.05) is 13.0 Å². The van der Waals surface area contributed by atoms with Crippen LogP contribution >= 0.6 is 0 Å². The fourth-order valence-electron chi connectivity index (χ4n) is 4.24. The molecule has 0 aromatic heterocycles. The summed E-state index contributed by atoms with van der Waals surface area (Å²) in [5.74, 6) is 2.78. The Morgan fingerprint density at radius 3 is 2.70 bits per heavy atom. The molecule has 20 heavy (non-hydrogen) atoms. The zero-order chi connectivity index (χ0) is 13.8. The van der Waals surface area contributed by atoms with Crippen molar-refractivity contribution in [2.75, 3.05) is 26.2 Å². The molecule has 0 aromatic rings. The molecule has 1 aliphatic heterocycles. The van der Waals surface area contributed by atoms with Gasteiger partial charge in [0.25, 0.3) is 0 Å². The summed E-state index contributed by atoms with van der Waals surface area (Å²) in [6, 6.07) is 0. The smallest absolute Gasteiger partial charge is 0.222 e. The number of ether oxygens (including phenoxy) is 1. The van der Waals surface area contributed by atoms with Crippen LogP contribution in [0.25, 0.3) is 0 Å². The molecule has 1 amide bonds. The van der Waals surface area contributed by atoms with Gasteiger partial charge in [0.05, 0.1) is 12.7 Å². The lowest BCUT2D eigenvalue weighted by atomic mass is 9.89. The van der Waals surface area contributed by atoms with Crippen LogP contribution in [0.2, 0.25) is 0 Å². The van der Waals surface area contributed by atoms with E-state index in [9.17, 15) is 4.79 Å². The molecule has 1 heterocycles. The Morgan fingerprint density at radius 2 is 2.00 bits per heavy atom. The maximum absolute atomic E-state index is 11.8. The molecule has 0 radical (unpaired) electrons. The highest BCUT2D eigenvalue weighted by molar-refractivity contribution is 5.75. The third-order valence-corrected chi connectivity index (χ3v) is 5.41. The second-order valence-electron chi connectivity index (χ2n) is 6.81.